The number of hydrogen-bond acceptors (Lipinski definition) is 3. The molecule has 0 unspecified atom stereocenters. The summed E-state index contributed by atoms with van der Waals surface area (Å²) in [5, 5.41) is 6.38. The van der Waals surface area contributed by atoms with Crippen LogP contribution in [0.3, 0.4) is 0 Å². The minimum Gasteiger partial charge on any atom is -0.320 e. The van der Waals surface area contributed by atoms with Crippen molar-refractivity contribution in [3.63, 3.8) is 0 Å². The zero-order valence-electron chi connectivity index (χ0n) is 13.2. The molecule has 126 valence electrons. The normalized spacial score (nSPS) is 10.5. The van der Waals surface area contributed by atoms with E-state index in [1.165, 1.54) is 47.1 Å². The first-order chi connectivity index (χ1) is 12.0. The Morgan fingerprint density at radius 2 is 1.84 bits per heavy atom. The van der Waals surface area contributed by atoms with Crippen LogP contribution in [0.4, 0.5) is 14.5 Å². The summed E-state index contributed by atoms with van der Waals surface area (Å²) in [4.78, 5) is 24.4. The number of benzene rings is 2. The lowest BCUT2D eigenvalue weighted by molar-refractivity contribution is 0.101. The molecule has 0 atom stereocenters. The van der Waals surface area contributed by atoms with Crippen LogP contribution in [0.5, 0.6) is 0 Å². The van der Waals surface area contributed by atoms with E-state index in [-0.39, 0.29) is 11.4 Å². The van der Waals surface area contributed by atoms with Crippen LogP contribution in [0.1, 0.15) is 16.2 Å². The number of carbonyl (C=O) groups is 1. The molecule has 0 fully saturated rings. The van der Waals surface area contributed by atoms with E-state index in [0.29, 0.717) is 5.69 Å². The summed E-state index contributed by atoms with van der Waals surface area (Å²) >= 11 is 0. The van der Waals surface area contributed by atoms with Gasteiger partial charge in [0.05, 0.1) is 0 Å². The molecular weight excluding hydrogens is 328 g/mol. The van der Waals surface area contributed by atoms with Crippen LogP contribution < -0.4 is 10.7 Å². The minimum absolute atomic E-state index is 0.111. The third-order valence-electron chi connectivity index (χ3n) is 3.49. The highest BCUT2D eigenvalue weighted by atomic mass is 19.1. The van der Waals surface area contributed by atoms with Gasteiger partial charge in [-0.25, -0.2) is 13.5 Å². The molecule has 0 saturated heterocycles. The maximum absolute atomic E-state index is 14.0. The highest BCUT2D eigenvalue weighted by Gasteiger charge is 2.17. The Hall–Kier alpha value is -3.35. The Labute approximate surface area is 141 Å². The molecular formula is C18H13F2N3O2. The molecule has 0 aliphatic heterocycles. The van der Waals surface area contributed by atoms with E-state index in [9.17, 15) is 18.4 Å². The topological polar surface area (TPSA) is 64.0 Å². The molecule has 7 heteroatoms. The number of rotatable bonds is 3. The molecule has 0 bridgehead atoms. The highest BCUT2D eigenvalue weighted by Crippen LogP contribution is 2.14. The van der Waals surface area contributed by atoms with E-state index in [1.807, 2.05) is 0 Å². The number of amides is 1. The first-order valence-corrected chi connectivity index (χ1v) is 7.38. The number of halogens is 2. The Bertz CT molecular complexity index is 1020. The number of carbonyl (C=O) groups excluding carboxylic acids is 1. The molecule has 1 aromatic heterocycles. The van der Waals surface area contributed by atoms with Crippen molar-refractivity contribution in [3.05, 3.63) is 87.8 Å². The molecule has 25 heavy (non-hydrogen) atoms. The zero-order chi connectivity index (χ0) is 18.0. The van der Waals surface area contributed by atoms with Crippen LogP contribution >= 0.6 is 0 Å². The smallest absolute Gasteiger partial charge is 0.280 e. The maximum atomic E-state index is 14.0. The van der Waals surface area contributed by atoms with E-state index < -0.39 is 28.7 Å². The summed E-state index contributed by atoms with van der Waals surface area (Å²) in [5.74, 6) is -1.88. The lowest BCUT2D eigenvalue weighted by atomic mass is 10.2. The number of anilines is 1. The van der Waals surface area contributed by atoms with Crippen LogP contribution in [0, 0.1) is 18.6 Å². The Kier molecular flexibility index (Phi) is 4.38. The number of nitrogens with zero attached hydrogens (tertiary/aromatic N) is 2. The van der Waals surface area contributed by atoms with E-state index >= 15 is 0 Å². The molecule has 0 saturated carbocycles. The SMILES string of the molecule is Cc1cc(=O)c(C(=O)Nc2cccc(F)c2)nn1-c1ccccc1F. The van der Waals surface area contributed by atoms with Gasteiger partial charge < -0.3 is 5.32 Å². The molecule has 3 rings (SSSR count). The van der Waals surface area contributed by atoms with Crippen molar-refractivity contribution in [2.75, 3.05) is 5.32 Å². The van der Waals surface area contributed by atoms with Gasteiger partial charge in [-0.1, -0.05) is 18.2 Å². The van der Waals surface area contributed by atoms with E-state index in [2.05, 4.69) is 10.4 Å². The third-order valence-corrected chi connectivity index (χ3v) is 3.49. The quantitative estimate of drug-likeness (QED) is 0.796. The van der Waals surface area contributed by atoms with E-state index in [0.717, 1.165) is 6.07 Å². The lowest BCUT2D eigenvalue weighted by Crippen LogP contribution is -2.27. The van der Waals surface area contributed by atoms with Gasteiger partial charge in [-0.3, -0.25) is 9.59 Å². The second-order valence-electron chi connectivity index (χ2n) is 5.33. The largest absolute Gasteiger partial charge is 0.320 e. The standard InChI is InChI=1S/C18H13F2N3O2/c1-11-9-16(24)17(18(25)21-13-6-4-5-12(19)10-13)22-23(11)15-8-3-2-7-14(15)20/h2-10H,1H3,(H,21,25). The van der Waals surface area contributed by atoms with Crippen molar-refractivity contribution in [2.45, 2.75) is 6.92 Å². The number of nitrogens with one attached hydrogen (secondary N) is 1. The van der Waals surface area contributed by atoms with Gasteiger partial charge in [0, 0.05) is 17.4 Å². The molecule has 0 radical (unpaired) electrons. The number of aryl methyl sites for hydroxylation is 1. The van der Waals surface area contributed by atoms with E-state index in [4.69, 9.17) is 0 Å². The molecule has 2 aromatic carbocycles. The van der Waals surface area contributed by atoms with Gasteiger partial charge in [-0.05, 0) is 37.3 Å². The monoisotopic (exact) mass is 341 g/mol. The van der Waals surface area contributed by atoms with Crippen LogP contribution in [-0.2, 0) is 0 Å². The van der Waals surface area contributed by atoms with Crippen molar-refractivity contribution >= 4 is 11.6 Å². The fourth-order valence-electron chi connectivity index (χ4n) is 2.33. The summed E-state index contributed by atoms with van der Waals surface area (Å²) in [6.07, 6.45) is 0. The van der Waals surface area contributed by atoms with Crippen LogP contribution in [0.2, 0.25) is 0 Å². The number of hydrogen-bond donors (Lipinski definition) is 1. The molecule has 0 aliphatic rings. The Morgan fingerprint density at radius 3 is 2.56 bits per heavy atom. The van der Waals surface area contributed by atoms with Crippen LogP contribution in [0.25, 0.3) is 5.69 Å². The average molecular weight is 341 g/mol. The summed E-state index contributed by atoms with van der Waals surface area (Å²) < 4.78 is 28.4. The van der Waals surface area contributed by atoms with Gasteiger partial charge in [-0.15, -0.1) is 0 Å². The number of aromatic nitrogens is 2. The molecule has 5 nitrogen and oxygen atoms in total. The average Bonchev–Trinajstić information content (AvgIpc) is 2.56. The van der Waals surface area contributed by atoms with E-state index in [1.54, 1.807) is 13.0 Å². The molecule has 0 spiro atoms. The first kappa shape index (κ1) is 16.5. The second kappa shape index (κ2) is 6.64. The van der Waals surface area contributed by atoms with Crippen molar-refractivity contribution in [3.8, 4) is 5.69 Å². The Morgan fingerprint density at radius 1 is 1.08 bits per heavy atom. The molecule has 1 amide bonds. The first-order valence-electron chi connectivity index (χ1n) is 7.38. The highest BCUT2D eigenvalue weighted by molar-refractivity contribution is 6.02. The van der Waals surface area contributed by atoms with Gasteiger partial charge in [0.25, 0.3) is 5.91 Å². The fraction of sp³-hybridized carbons (Fsp3) is 0.0556. The van der Waals surface area contributed by atoms with Gasteiger partial charge in [-0.2, -0.15) is 5.10 Å². The summed E-state index contributed by atoms with van der Waals surface area (Å²) in [6.45, 7) is 1.58. The fourth-order valence-corrected chi connectivity index (χ4v) is 2.33. The Balaban J connectivity index is 2.02. The van der Waals surface area contributed by atoms with Gasteiger partial charge >= 0.3 is 0 Å². The molecule has 0 aliphatic carbocycles. The van der Waals surface area contributed by atoms with Crippen molar-refractivity contribution in [1.82, 2.24) is 9.78 Å². The summed E-state index contributed by atoms with van der Waals surface area (Å²) in [7, 11) is 0. The van der Waals surface area contributed by atoms with Gasteiger partial charge in [0.15, 0.2) is 5.69 Å². The summed E-state index contributed by atoms with van der Waals surface area (Å²) in [5.41, 5.74) is -0.362. The third kappa shape index (κ3) is 3.45. The predicted octanol–water partition coefficient (Wildman–Crippen LogP) is 3.07. The number of para-hydroxylation sites is 1. The molecule has 1 heterocycles. The molecule has 1 N–H and O–H groups in total. The lowest BCUT2D eigenvalue weighted by Gasteiger charge is -2.12. The summed E-state index contributed by atoms with van der Waals surface area (Å²) in [6, 6.07) is 12.3. The van der Waals surface area contributed by atoms with Crippen molar-refractivity contribution in [1.29, 1.82) is 0 Å². The van der Waals surface area contributed by atoms with Crippen molar-refractivity contribution < 1.29 is 13.6 Å². The van der Waals surface area contributed by atoms with Crippen molar-refractivity contribution in [2.24, 2.45) is 0 Å². The van der Waals surface area contributed by atoms with Gasteiger partial charge in [0.1, 0.15) is 17.3 Å². The van der Waals surface area contributed by atoms with Crippen LogP contribution in [0.15, 0.2) is 59.4 Å². The van der Waals surface area contributed by atoms with Crippen LogP contribution in [-0.4, -0.2) is 15.7 Å². The van der Waals surface area contributed by atoms with Gasteiger partial charge in [0.2, 0.25) is 5.43 Å². The maximum Gasteiger partial charge on any atom is 0.280 e. The zero-order valence-corrected chi connectivity index (χ0v) is 13.2. The minimum atomic E-state index is -0.805. The second-order valence-corrected chi connectivity index (χ2v) is 5.33. The predicted molar refractivity (Wildman–Crippen MR) is 88.9 cm³/mol. The molecule has 3 aromatic rings.